The molecule has 0 radical (unpaired) electrons. The summed E-state index contributed by atoms with van der Waals surface area (Å²) in [5.74, 6) is 0. The normalized spacial score (nSPS) is 20.9. The Kier molecular flexibility index (Phi) is 7.88. The molecule has 2 unspecified atom stereocenters. The molecule has 4 heteroatoms. The summed E-state index contributed by atoms with van der Waals surface area (Å²) >= 11 is 0. The van der Waals surface area contributed by atoms with Crippen LogP contribution in [0.3, 0.4) is 0 Å². The van der Waals surface area contributed by atoms with Gasteiger partial charge in [0.15, 0.2) is 0 Å². The zero-order chi connectivity index (χ0) is 45.6. The van der Waals surface area contributed by atoms with E-state index in [0.29, 0.717) is 0 Å². The van der Waals surface area contributed by atoms with Gasteiger partial charge in [-0.3, -0.25) is 0 Å². The van der Waals surface area contributed by atoms with Crippen LogP contribution in [0.2, 0.25) is 0 Å². The minimum atomic E-state index is -0.221. The first-order valence-corrected chi connectivity index (χ1v) is 24.7. The van der Waals surface area contributed by atoms with Gasteiger partial charge in [-0.05, 0) is 152 Å². The summed E-state index contributed by atoms with van der Waals surface area (Å²) in [6, 6.07) is 46.9. The molecule has 0 saturated heterocycles. The van der Waals surface area contributed by atoms with E-state index in [1.54, 1.807) is 5.56 Å². The minimum Gasteiger partial charge on any atom is -0.455 e. The van der Waals surface area contributed by atoms with E-state index in [4.69, 9.17) is 4.42 Å². The van der Waals surface area contributed by atoms with Crippen molar-refractivity contribution in [3.05, 3.63) is 155 Å². The average molecular weight is 861 g/mol. The van der Waals surface area contributed by atoms with Crippen molar-refractivity contribution in [1.82, 2.24) is 0 Å². The maximum atomic E-state index is 7.30. The zero-order valence-electron chi connectivity index (χ0n) is 40.8. The smallest absolute Gasteiger partial charge is 0.333 e. The number of benzene rings is 7. The van der Waals surface area contributed by atoms with Crippen LogP contribution in [-0.4, -0.2) is 12.4 Å². The molecule has 3 nitrogen and oxygen atoms in total. The second-order valence-corrected chi connectivity index (χ2v) is 23.7. The molecular weight excluding hydrogens is 800 g/mol. The van der Waals surface area contributed by atoms with E-state index in [-0.39, 0.29) is 34.0 Å². The SMILES string of the molecule is Cc1cc(-c2ccccc2)ccc1N1B2c3cc(C(C)(C)C)cc4c3N(c3c2c(cc2c3C(C)(C)c3ccccc3-2)-c2c1ccc1c2oc2ccc(C(C)(C)C)cc21)C1(C)CCCCC41C. The summed E-state index contributed by atoms with van der Waals surface area (Å²) in [5.41, 5.74) is 25.9. The van der Waals surface area contributed by atoms with Gasteiger partial charge in [-0.1, -0.05) is 154 Å². The van der Waals surface area contributed by atoms with E-state index in [0.717, 1.165) is 17.6 Å². The van der Waals surface area contributed by atoms with Crippen molar-refractivity contribution in [2.24, 2.45) is 0 Å². The van der Waals surface area contributed by atoms with Crippen LogP contribution < -0.4 is 20.6 Å². The Bertz CT molecular complexity index is 3430. The van der Waals surface area contributed by atoms with Crippen molar-refractivity contribution in [1.29, 1.82) is 0 Å². The number of hydrogen-bond acceptors (Lipinski definition) is 3. The van der Waals surface area contributed by atoms with Gasteiger partial charge in [-0.2, -0.15) is 0 Å². The Morgan fingerprint density at radius 2 is 1.32 bits per heavy atom. The fraction of sp³-hybridized carbons (Fsp3) is 0.323. The molecule has 66 heavy (non-hydrogen) atoms. The number of furan rings is 1. The molecule has 0 N–H and O–H groups in total. The summed E-state index contributed by atoms with van der Waals surface area (Å²) in [5, 5.41) is 2.37. The van der Waals surface area contributed by atoms with Crippen molar-refractivity contribution in [2.45, 2.75) is 129 Å². The number of fused-ring (bicyclic) bond motifs is 15. The molecule has 2 aliphatic carbocycles. The van der Waals surface area contributed by atoms with E-state index >= 15 is 0 Å². The molecule has 328 valence electrons. The lowest BCUT2D eigenvalue weighted by Gasteiger charge is -2.54. The molecule has 1 saturated carbocycles. The molecule has 1 fully saturated rings. The van der Waals surface area contributed by atoms with E-state index in [9.17, 15) is 0 Å². The summed E-state index contributed by atoms with van der Waals surface area (Å²) in [4.78, 5) is 5.72. The molecule has 4 heterocycles. The maximum absolute atomic E-state index is 7.30. The van der Waals surface area contributed by atoms with E-state index < -0.39 is 0 Å². The second-order valence-electron chi connectivity index (χ2n) is 23.7. The maximum Gasteiger partial charge on any atom is 0.333 e. The van der Waals surface area contributed by atoms with Crippen LogP contribution in [0.15, 0.2) is 126 Å². The van der Waals surface area contributed by atoms with Crippen LogP contribution in [0.4, 0.5) is 22.7 Å². The lowest BCUT2D eigenvalue weighted by molar-refractivity contribution is 0.194. The van der Waals surface area contributed by atoms with Crippen molar-refractivity contribution in [2.75, 3.05) is 9.71 Å². The first-order chi connectivity index (χ1) is 31.4. The van der Waals surface area contributed by atoms with Crippen molar-refractivity contribution in [3.8, 4) is 33.4 Å². The second kappa shape index (κ2) is 12.9. The zero-order valence-corrected chi connectivity index (χ0v) is 40.8. The van der Waals surface area contributed by atoms with Gasteiger partial charge < -0.3 is 14.1 Å². The number of nitrogens with zero attached hydrogens (tertiary/aromatic N) is 2. The van der Waals surface area contributed by atoms with E-state index in [1.165, 1.54) is 125 Å². The fourth-order valence-corrected chi connectivity index (χ4v) is 13.8. The molecule has 0 bridgehead atoms. The molecule has 7 aromatic carbocycles. The summed E-state index contributed by atoms with van der Waals surface area (Å²) in [6.07, 6.45) is 4.83. The van der Waals surface area contributed by atoms with Gasteiger partial charge in [0.05, 0.1) is 5.54 Å². The molecule has 13 rings (SSSR count). The Labute approximate surface area is 392 Å². The highest BCUT2D eigenvalue weighted by Crippen LogP contribution is 2.66. The summed E-state index contributed by atoms with van der Waals surface area (Å²) in [6.45, 7) is 26.7. The van der Waals surface area contributed by atoms with Crippen LogP contribution in [0.1, 0.15) is 128 Å². The standard InChI is InChI=1S/C62H61BN2O/c1-36-31-38(37-19-13-12-14-20-37)23-26-49(36)65-50-27-25-42-43-32-39(58(2,3)4)24-28-51(43)66-57(42)52(50)45-35-44-41-21-15-16-22-46(41)60(8,9)53(44)56-54(45)63(65)48-34-40(59(5,6)7)33-47-55(48)64(56)62(11)30-18-17-29-61(47,62)10/h12-16,19-28,31-35H,17-18,29-30H2,1-11H3. The highest BCUT2D eigenvalue weighted by Gasteiger charge is 2.63. The third kappa shape index (κ3) is 5.01. The topological polar surface area (TPSA) is 19.6 Å². The molecular formula is C62H61BN2O. The Hall–Kier alpha value is -6.00. The van der Waals surface area contributed by atoms with Gasteiger partial charge in [-0.15, -0.1) is 0 Å². The van der Waals surface area contributed by atoms with Gasteiger partial charge in [0.2, 0.25) is 0 Å². The van der Waals surface area contributed by atoms with Gasteiger partial charge >= 0.3 is 6.85 Å². The number of hydrogen-bond donors (Lipinski definition) is 0. The number of aryl methyl sites for hydroxylation is 1. The molecule has 0 amide bonds. The molecule has 0 spiro atoms. The van der Waals surface area contributed by atoms with E-state index in [2.05, 4.69) is 207 Å². The monoisotopic (exact) mass is 860 g/mol. The molecule has 1 aromatic heterocycles. The predicted molar refractivity (Wildman–Crippen MR) is 281 cm³/mol. The molecule has 3 aliphatic heterocycles. The Morgan fingerprint density at radius 1 is 0.591 bits per heavy atom. The van der Waals surface area contributed by atoms with Gasteiger partial charge in [0.1, 0.15) is 11.2 Å². The third-order valence-electron chi connectivity index (χ3n) is 17.6. The third-order valence-corrected chi connectivity index (χ3v) is 17.6. The quantitative estimate of drug-likeness (QED) is 0.161. The van der Waals surface area contributed by atoms with Crippen LogP contribution in [0, 0.1) is 6.92 Å². The summed E-state index contributed by atoms with van der Waals surface area (Å²) < 4.78 is 7.30. The molecule has 8 aromatic rings. The van der Waals surface area contributed by atoms with Crippen LogP contribution >= 0.6 is 0 Å². The predicted octanol–water partition coefficient (Wildman–Crippen LogP) is 15.4. The minimum absolute atomic E-state index is 0.0102. The van der Waals surface area contributed by atoms with Crippen molar-refractivity contribution < 1.29 is 4.42 Å². The first kappa shape index (κ1) is 40.3. The van der Waals surface area contributed by atoms with Crippen LogP contribution in [-0.2, 0) is 21.7 Å². The highest BCUT2D eigenvalue weighted by atomic mass is 16.3. The molecule has 5 aliphatic rings. The summed E-state index contributed by atoms with van der Waals surface area (Å²) in [7, 11) is 0. The van der Waals surface area contributed by atoms with Gasteiger partial charge in [-0.25, -0.2) is 0 Å². The van der Waals surface area contributed by atoms with Crippen LogP contribution in [0.5, 0.6) is 0 Å². The Balaban J connectivity index is 1.22. The van der Waals surface area contributed by atoms with Crippen molar-refractivity contribution >= 4 is 62.5 Å². The van der Waals surface area contributed by atoms with Gasteiger partial charge in [0, 0.05) is 49.9 Å². The van der Waals surface area contributed by atoms with Gasteiger partial charge in [0.25, 0.3) is 0 Å². The lowest BCUT2D eigenvalue weighted by atomic mass is 9.42. The van der Waals surface area contributed by atoms with Crippen molar-refractivity contribution in [3.63, 3.8) is 0 Å². The Morgan fingerprint density at radius 3 is 2.08 bits per heavy atom. The number of rotatable bonds is 2. The highest BCUT2D eigenvalue weighted by molar-refractivity contribution is 6.94. The van der Waals surface area contributed by atoms with E-state index in [1.807, 2.05) is 0 Å². The average Bonchev–Trinajstić information content (AvgIpc) is 3.85. The largest absolute Gasteiger partial charge is 0.455 e. The molecule has 2 atom stereocenters. The number of anilines is 4. The van der Waals surface area contributed by atoms with Crippen LogP contribution in [0.25, 0.3) is 55.3 Å². The fourth-order valence-electron chi connectivity index (χ4n) is 13.8. The first-order valence-electron chi connectivity index (χ1n) is 24.7. The lowest BCUT2D eigenvalue weighted by Crippen LogP contribution is -2.65.